The van der Waals surface area contributed by atoms with Crippen LogP contribution >= 0.6 is 0 Å². The minimum Gasteiger partial charge on any atom is -0.508 e. The second-order valence-corrected chi connectivity index (χ2v) is 5.65. The number of hydrogen-bond donors (Lipinski definition) is 2. The van der Waals surface area contributed by atoms with Gasteiger partial charge in [-0.25, -0.2) is 0 Å². The second-order valence-electron chi connectivity index (χ2n) is 5.65. The van der Waals surface area contributed by atoms with Gasteiger partial charge in [0.1, 0.15) is 5.75 Å². The quantitative estimate of drug-likeness (QED) is 0.711. The van der Waals surface area contributed by atoms with Crippen LogP contribution in [0.15, 0.2) is 60.7 Å². The molecule has 1 aliphatic rings. The average Bonchev–Trinajstić information content (AvgIpc) is 2.53. The number of rotatable bonds is 1. The van der Waals surface area contributed by atoms with Gasteiger partial charge < -0.3 is 10.4 Å². The SMILES string of the molecule is O=C1C[C@H](c2cccc(O)c2)c2c(ccc3ccccc23)N1. The summed E-state index contributed by atoms with van der Waals surface area (Å²) in [5, 5.41) is 15.0. The standard InChI is InChI=1S/C19H15NO2/c21-14-6-3-5-13(10-14)16-11-18(22)20-17-9-8-12-4-1-2-7-15(12)19(16)17/h1-10,16,21H,11H2,(H,20,22)/t16-/m1/s1. The van der Waals surface area contributed by atoms with E-state index in [2.05, 4.69) is 17.4 Å². The molecule has 1 atom stereocenters. The molecular formula is C19H15NO2. The summed E-state index contributed by atoms with van der Waals surface area (Å²) in [5.41, 5.74) is 2.96. The second kappa shape index (κ2) is 4.88. The number of carbonyl (C=O) groups excluding carboxylic acids is 1. The lowest BCUT2D eigenvalue weighted by atomic mass is 9.82. The third-order valence-corrected chi connectivity index (χ3v) is 4.26. The first kappa shape index (κ1) is 12.9. The van der Waals surface area contributed by atoms with E-state index in [4.69, 9.17) is 0 Å². The molecule has 3 nitrogen and oxygen atoms in total. The van der Waals surface area contributed by atoms with E-state index in [-0.39, 0.29) is 17.6 Å². The minimum absolute atomic E-state index is 0.0103. The van der Waals surface area contributed by atoms with Crippen LogP contribution in [0.3, 0.4) is 0 Å². The van der Waals surface area contributed by atoms with Gasteiger partial charge >= 0.3 is 0 Å². The number of aromatic hydroxyl groups is 1. The predicted molar refractivity (Wildman–Crippen MR) is 87.1 cm³/mol. The van der Waals surface area contributed by atoms with Gasteiger partial charge in [-0.3, -0.25) is 4.79 Å². The topological polar surface area (TPSA) is 49.3 Å². The summed E-state index contributed by atoms with van der Waals surface area (Å²) in [6, 6.07) is 19.4. The van der Waals surface area contributed by atoms with Crippen LogP contribution in [0.4, 0.5) is 5.69 Å². The van der Waals surface area contributed by atoms with E-state index in [1.54, 1.807) is 12.1 Å². The van der Waals surface area contributed by atoms with Crippen molar-refractivity contribution < 1.29 is 9.90 Å². The van der Waals surface area contributed by atoms with E-state index in [1.807, 2.05) is 36.4 Å². The van der Waals surface area contributed by atoms with E-state index in [1.165, 1.54) is 0 Å². The third-order valence-electron chi connectivity index (χ3n) is 4.26. The zero-order valence-corrected chi connectivity index (χ0v) is 11.9. The van der Waals surface area contributed by atoms with Crippen molar-refractivity contribution in [1.82, 2.24) is 0 Å². The summed E-state index contributed by atoms with van der Waals surface area (Å²) in [4.78, 5) is 12.1. The molecule has 0 saturated carbocycles. The van der Waals surface area contributed by atoms with Gasteiger partial charge in [-0.15, -0.1) is 0 Å². The van der Waals surface area contributed by atoms with E-state index >= 15 is 0 Å². The normalized spacial score (nSPS) is 17.1. The van der Waals surface area contributed by atoms with Crippen LogP contribution in [0, 0.1) is 0 Å². The fraction of sp³-hybridized carbons (Fsp3) is 0.105. The number of phenols is 1. The first-order valence-electron chi connectivity index (χ1n) is 7.33. The molecule has 1 heterocycles. The van der Waals surface area contributed by atoms with Gasteiger partial charge in [0.15, 0.2) is 0 Å². The van der Waals surface area contributed by atoms with Crippen LogP contribution in [0.25, 0.3) is 10.8 Å². The molecule has 22 heavy (non-hydrogen) atoms. The molecule has 2 N–H and O–H groups in total. The van der Waals surface area contributed by atoms with Gasteiger partial charge in [0.05, 0.1) is 0 Å². The Morgan fingerprint density at radius 3 is 2.73 bits per heavy atom. The number of amides is 1. The number of carbonyl (C=O) groups is 1. The fourth-order valence-corrected chi connectivity index (χ4v) is 3.29. The molecule has 0 bridgehead atoms. The van der Waals surface area contributed by atoms with E-state index in [0.717, 1.165) is 27.6 Å². The molecule has 0 spiro atoms. The predicted octanol–water partition coefficient (Wildman–Crippen LogP) is 4.02. The van der Waals surface area contributed by atoms with Gasteiger partial charge in [-0.1, -0.05) is 42.5 Å². The van der Waals surface area contributed by atoms with Crippen LogP contribution in [-0.2, 0) is 4.79 Å². The molecule has 0 unspecified atom stereocenters. The van der Waals surface area contributed by atoms with Crippen molar-refractivity contribution in [3.63, 3.8) is 0 Å². The van der Waals surface area contributed by atoms with Crippen LogP contribution < -0.4 is 5.32 Å². The maximum atomic E-state index is 12.1. The fourth-order valence-electron chi connectivity index (χ4n) is 3.29. The van der Waals surface area contributed by atoms with E-state index < -0.39 is 0 Å². The van der Waals surface area contributed by atoms with Crippen LogP contribution in [0.2, 0.25) is 0 Å². The highest BCUT2D eigenvalue weighted by Crippen LogP contribution is 2.41. The summed E-state index contributed by atoms with van der Waals surface area (Å²) >= 11 is 0. The Balaban J connectivity index is 1.99. The molecule has 0 aromatic heterocycles. The van der Waals surface area contributed by atoms with E-state index in [0.29, 0.717) is 6.42 Å². The maximum absolute atomic E-state index is 12.1. The molecule has 3 aromatic carbocycles. The maximum Gasteiger partial charge on any atom is 0.225 e. The number of nitrogens with one attached hydrogen (secondary N) is 1. The molecule has 0 aliphatic carbocycles. The smallest absolute Gasteiger partial charge is 0.225 e. The summed E-state index contributed by atoms with van der Waals surface area (Å²) in [7, 11) is 0. The third kappa shape index (κ3) is 2.02. The number of benzene rings is 3. The van der Waals surface area contributed by atoms with E-state index in [9.17, 15) is 9.90 Å². The Bertz CT molecular complexity index is 885. The zero-order chi connectivity index (χ0) is 15.1. The monoisotopic (exact) mass is 289 g/mol. The summed E-state index contributed by atoms with van der Waals surface area (Å²) < 4.78 is 0. The molecule has 0 radical (unpaired) electrons. The minimum atomic E-state index is -0.0399. The number of phenolic OH excluding ortho intramolecular Hbond substituents is 1. The van der Waals surface area contributed by atoms with Gasteiger partial charge in [-0.2, -0.15) is 0 Å². The molecule has 0 fully saturated rings. The van der Waals surface area contributed by atoms with Crippen molar-refractivity contribution in [2.24, 2.45) is 0 Å². The van der Waals surface area contributed by atoms with Crippen molar-refractivity contribution in [2.45, 2.75) is 12.3 Å². The molecule has 4 rings (SSSR count). The Morgan fingerprint density at radius 1 is 1.00 bits per heavy atom. The summed E-state index contributed by atoms with van der Waals surface area (Å²) in [5.74, 6) is 0.198. The van der Waals surface area contributed by atoms with Gasteiger partial charge in [0.2, 0.25) is 5.91 Å². The lowest BCUT2D eigenvalue weighted by Crippen LogP contribution is -2.23. The van der Waals surface area contributed by atoms with Crippen molar-refractivity contribution in [1.29, 1.82) is 0 Å². The highest BCUT2D eigenvalue weighted by molar-refractivity contribution is 6.01. The number of hydrogen-bond acceptors (Lipinski definition) is 2. The molecular weight excluding hydrogens is 274 g/mol. The first-order chi connectivity index (χ1) is 10.7. The lowest BCUT2D eigenvalue weighted by molar-refractivity contribution is -0.116. The van der Waals surface area contributed by atoms with Crippen LogP contribution in [0.1, 0.15) is 23.5 Å². The molecule has 3 aromatic rings. The lowest BCUT2D eigenvalue weighted by Gasteiger charge is -2.27. The average molecular weight is 289 g/mol. The van der Waals surface area contributed by atoms with Gasteiger partial charge in [0.25, 0.3) is 0 Å². The van der Waals surface area contributed by atoms with Crippen molar-refractivity contribution in [3.05, 3.63) is 71.8 Å². The Kier molecular flexibility index (Phi) is 2.86. The molecule has 1 amide bonds. The van der Waals surface area contributed by atoms with Crippen molar-refractivity contribution >= 4 is 22.4 Å². The van der Waals surface area contributed by atoms with Crippen molar-refractivity contribution in [2.75, 3.05) is 5.32 Å². The van der Waals surface area contributed by atoms with Gasteiger partial charge in [-0.05, 0) is 40.1 Å². The molecule has 3 heteroatoms. The first-order valence-corrected chi connectivity index (χ1v) is 7.33. The van der Waals surface area contributed by atoms with Crippen LogP contribution in [-0.4, -0.2) is 11.0 Å². The number of fused-ring (bicyclic) bond motifs is 3. The Morgan fingerprint density at radius 2 is 1.86 bits per heavy atom. The zero-order valence-electron chi connectivity index (χ0n) is 11.9. The highest BCUT2D eigenvalue weighted by Gasteiger charge is 2.28. The molecule has 1 aliphatic heterocycles. The summed E-state index contributed by atoms with van der Waals surface area (Å²) in [6.07, 6.45) is 0.393. The molecule has 0 saturated heterocycles. The number of anilines is 1. The summed E-state index contributed by atoms with van der Waals surface area (Å²) in [6.45, 7) is 0. The van der Waals surface area contributed by atoms with Gasteiger partial charge in [0, 0.05) is 18.0 Å². The largest absolute Gasteiger partial charge is 0.508 e. The van der Waals surface area contributed by atoms with Crippen LogP contribution in [0.5, 0.6) is 5.75 Å². The molecule has 108 valence electrons. The Hall–Kier alpha value is -2.81. The Labute approximate surface area is 128 Å². The highest BCUT2D eigenvalue weighted by atomic mass is 16.3. The van der Waals surface area contributed by atoms with Crippen molar-refractivity contribution in [3.8, 4) is 5.75 Å².